The fourth-order valence-corrected chi connectivity index (χ4v) is 3.24. The Morgan fingerprint density at radius 2 is 2.00 bits per heavy atom. The largest absolute Gasteiger partial charge is 0.440 e. The van der Waals surface area contributed by atoms with E-state index < -0.39 is 0 Å². The SMILES string of the molecule is O=C(NCCc1nc2ccccc2c(=O)[nH]1)c1ccc2nc(C3CC3)oc2c1. The molecule has 7 heteroatoms. The zero-order valence-corrected chi connectivity index (χ0v) is 15.1. The average molecular weight is 374 g/mol. The molecular weight excluding hydrogens is 356 g/mol. The number of aromatic nitrogens is 3. The number of hydrogen-bond donors (Lipinski definition) is 2. The summed E-state index contributed by atoms with van der Waals surface area (Å²) < 4.78 is 5.77. The summed E-state index contributed by atoms with van der Waals surface area (Å²) in [5.41, 5.74) is 2.40. The summed E-state index contributed by atoms with van der Waals surface area (Å²) in [5.74, 6) is 1.54. The number of benzene rings is 2. The van der Waals surface area contributed by atoms with Crippen LogP contribution in [0, 0.1) is 0 Å². The summed E-state index contributed by atoms with van der Waals surface area (Å²) in [6.07, 6.45) is 2.67. The number of nitrogens with one attached hydrogen (secondary N) is 2. The first-order valence-electron chi connectivity index (χ1n) is 9.34. The van der Waals surface area contributed by atoms with Crippen LogP contribution in [0.2, 0.25) is 0 Å². The Balaban J connectivity index is 1.27. The van der Waals surface area contributed by atoms with E-state index in [0.29, 0.717) is 46.8 Å². The van der Waals surface area contributed by atoms with Crippen LogP contribution >= 0.6 is 0 Å². The minimum absolute atomic E-state index is 0.172. The van der Waals surface area contributed by atoms with E-state index in [4.69, 9.17) is 4.42 Å². The van der Waals surface area contributed by atoms with E-state index in [-0.39, 0.29) is 11.5 Å². The first-order chi connectivity index (χ1) is 13.7. The van der Waals surface area contributed by atoms with Crippen molar-refractivity contribution in [2.45, 2.75) is 25.2 Å². The molecule has 2 N–H and O–H groups in total. The molecule has 4 aromatic rings. The Morgan fingerprint density at radius 3 is 2.86 bits per heavy atom. The van der Waals surface area contributed by atoms with Crippen molar-refractivity contribution in [1.82, 2.24) is 20.3 Å². The van der Waals surface area contributed by atoms with E-state index >= 15 is 0 Å². The lowest BCUT2D eigenvalue weighted by molar-refractivity contribution is 0.0954. The lowest BCUT2D eigenvalue weighted by atomic mass is 10.2. The van der Waals surface area contributed by atoms with Crippen molar-refractivity contribution in [1.29, 1.82) is 0 Å². The van der Waals surface area contributed by atoms with Crippen molar-refractivity contribution in [2.75, 3.05) is 6.54 Å². The van der Waals surface area contributed by atoms with Gasteiger partial charge in [0.15, 0.2) is 11.5 Å². The highest BCUT2D eigenvalue weighted by atomic mass is 16.3. The molecule has 140 valence electrons. The normalized spacial score (nSPS) is 13.9. The van der Waals surface area contributed by atoms with Crippen molar-refractivity contribution in [2.24, 2.45) is 0 Å². The Morgan fingerprint density at radius 1 is 1.14 bits per heavy atom. The second-order valence-electron chi connectivity index (χ2n) is 7.04. The summed E-state index contributed by atoms with van der Waals surface area (Å²) in [6.45, 7) is 0.363. The molecular formula is C21H18N4O3. The molecule has 5 rings (SSSR count). The molecule has 0 saturated heterocycles. The van der Waals surface area contributed by atoms with Gasteiger partial charge in [-0.05, 0) is 43.2 Å². The number of H-pyrrole nitrogens is 1. The number of hydrogen-bond acceptors (Lipinski definition) is 5. The van der Waals surface area contributed by atoms with Gasteiger partial charge in [-0.3, -0.25) is 9.59 Å². The highest BCUT2D eigenvalue weighted by Gasteiger charge is 2.29. The number of oxazole rings is 1. The van der Waals surface area contributed by atoms with Crippen LogP contribution in [0.1, 0.15) is 40.8 Å². The van der Waals surface area contributed by atoms with Crippen LogP contribution in [0.25, 0.3) is 22.0 Å². The van der Waals surface area contributed by atoms with E-state index in [1.165, 1.54) is 0 Å². The van der Waals surface area contributed by atoms with Crippen molar-refractivity contribution in [3.63, 3.8) is 0 Å². The standard InChI is InChI=1S/C21H18N4O3/c26-19(13-7-8-16-17(11-13)28-21(24-16)12-5-6-12)22-10-9-18-23-15-4-2-1-3-14(15)20(27)25-18/h1-4,7-8,11-12H,5-6,9-10H2,(H,22,26)(H,23,25,27). The van der Waals surface area contributed by atoms with Gasteiger partial charge in [-0.2, -0.15) is 0 Å². The number of aromatic amines is 1. The molecule has 1 aliphatic carbocycles. The Labute approximate surface area is 159 Å². The van der Waals surface area contributed by atoms with Crippen LogP contribution in [-0.2, 0) is 6.42 Å². The Kier molecular flexibility index (Phi) is 3.93. The number of carbonyl (C=O) groups is 1. The highest BCUT2D eigenvalue weighted by Crippen LogP contribution is 2.40. The van der Waals surface area contributed by atoms with Crippen molar-refractivity contribution >= 4 is 27.9 Å². The molecule has 0 bridgehead atoms. The summed E-state index contributed by atoms with van der Waals surface area (Å²) in [6, 6.07) is 12.5. The first-order valence-corrected chi connectivity index (χ1v) is 9.34. The molecule has 7 nitrogen and oxygen atoms in total. The topological polar surface area (TPSA) is 101 Å². The molecule has 0 atom stereocenters. The van der Waals surface area contributed by atoms with Gasteiger partial charge in [0.05, 0.1) is 10.9 Å². The zero-order valence-electron chi connectivity index (χ0n) is 15.1. The van der Waals surface area contributed by atoms with Gasteiger partial charge in [0.25, 0.3) is 11.5 Å². The summed E-state index contributed by atoms with van der Waals surface area (Å²) in [5, 5.41) is 3.42. The molecule has 0 spiro atoms. The number of rotatable bonds is 5. The van der Waals surface area contributed by atoms with Gasteiger partial charge in [-0.15, -0.1) is 0 Å². The quantitative estimate of drug-likeness (QED) is 0.559. The Hall–Kier alpha value is -3.48. The minimum Gasteiger partial charge on any atom is -0.440 e. The average Bonchev–Trinajstić information content (AvgIpc) is 3.46. The number of para-hydroxylation sites is 1. The molecule has 2 aromatic heterocycles. The van der Waals surface area contributed by atoms with Gasteiger partial charge < -0.3 is 14.7 Å². The molecule has 0 aliphatic heterocycles. The van der Waals surface area contributed by atoms with Crippen LogP contribution < -0.4 is 10.9 Å². The van der Waals surface area contributed by atoms with Crippen LogP contribution in [0.5, 0.6) is 0 Å². The third-order valence-corrected chi connectivity index (χ3v) is 4.90. The zero-order chi connectivity index (χ0) is 19.1. The van der Waals surface area contributed by atoms with Crippen LogP contribution in [0.15, 0.2) is 51.7 Å². The molecule has 1 amide bonds. The van der Waals surface area contributed by atoms with Crippen LogP contribution in [0.4, 0.5) is 0 Å². The maximum atomic E-state index is 12.4. The minimum atomic E-state index is -0.200. The van der Waals surface area contributed by atoms with Gasteiger partial charge in [-0.25, -0.2) is 9.97 Å². The van der Waals surface area contributed by atoms with Crippen molar-refractivity contribution in [3.8, 4) is 0 Å². The van der Waals surface area contributed by atoms with E-state index in [9.17, 15) is 9.59 Å². The summed E-state index contributed by atoms with van der Waals surface area (Å²) in [7, 11) is 0. The Bertz CT molecular complexity index is 1250. The van der Waals surface area contributed by atoms with Gasteiger partial charge >= 0.3 is 0 Å². The number of nitrogens with zero attached hydrogens (tertiary/aromatic N) is 2. The number of amides is 1. The fraction of sp³-hybridized carbons (Fsp3) is 0.238. The van der Waals surface area contributed by atoms with Gasteiger partial charge in [0, 0.05) is 24.4 Å². The smallest absolute Gasteiger partial charge is 0.258 e. The number of carbonyl (C=O) groups excluding carboxylic acids is 1. The van der Waals surface area contributed by atoms with Gasteiger partial charge in [0.1, 0.15) is 11.3 Å². The molecule has 2 aromatic carbocycles. The van der Waals surface area contributed by atoms with Crippen LogP contribution in [0.3, 0.4) is 0 Å². The molecule has 28 heavy (non-hydrogen) atoms. The molecule has 0 unspecified atom stereocenters. The summed E-state index contributed by atoms with van der Waals surface area (Å²) in [4.78, 5) is 36.2. The van der Waals surface area contributed by atoms with E-state index in [1.807, 2.05) is 12.1 Å². The second kappa shape index (κ2) is 6.60. The molecule has 1 saturated carbocycles. The van der Waals surface area contributed by atoms with Gasteiger partial charge in [0.2, 0.25) is 0 Å². The maximum absolute atomic E-state index is 12.4. The van der Waals surface area contributed by atoms with E-state index in [1.54, 1.807) is 30.3 Å². The van der Waals surface area contributed by atoms with Crippen molar-refractivity contribution in [3.05, 3.63) is 70.1 Å². The number of fused-ring (bicyclic) bond motifs is 2. The third kappa shape index (κ3) is 3.15. The van der Waals surface area contributed by atoms with Crippen molar-refractivity contribution < 1.29 is 9.21 Å². The van der Waals surface area contributed by atoms with E-state index in [0.717, 1.165) is 24.2 Å². The second-order valence-corrected chi connectivity index (χ2v) is 7.04. The predicted molar refractivity (Wildman–Crippen MR) is 104 cm³/mol. The summed E-state index contributed by atoms with van der Waals surface area (Å²) >= 11 is 0. The first kappa shape index (κ1) is 16.7. The lowest BCUT2D eigenvalue weighted by Crippen LogP contribution is -2.26. The maximum Gasteiger partial charge on any atom is 0.258 e. The highest BCUT2D eigenvalue weighted by molar-refractivity contribution is 5.97. The van der Waals surface area contributed by atoms with Crippen LogP contribution in [-0.4, -0.2) is 27.4 Å². The molecule has 1 aliphatic rings. The molecule has 0 radical (unpaired) electrons. The lowest BCUT2D eigenvalue weighted by Gasteiger charge is -2.06. The monoisotopic (exact) mass is 374 g/mol. The van der Waals surface area contributed by atoms with Gasteiger partial charge in [-0.1, -0.05) is 12.1 Å². The molecule has 1 fully saturated rings. The third-order valence-electron chi connectivity index (χ3n) is 4.90. The molecule has 2 heterocycles. The van der Waals surface area contributed by atoms with E-state index in [2.05, 4.69) is 20.3 Å². The predicted octanol–water partition coefficient (Wildman–Crippen LogP) is 2.91. The fourth-order valence-electron chi connectivity index (χ4n) is 3.24.